The monoisotopic (exact) mass is 378 g/mol. The molecular weight excluding hydrogens is 360 g/mol. The molecule has 0 radical (unpaired) electrons. The number of amides is 1. The zero-order valence-corrected chi connectivity index (χ0v) is 15.6. The SMILES string of the molecule is COc1cc(Cl)c(NCC(=O)N2CCSc3ccccc32)cc1OC. The van der Waals surface area contributed by atoms with Gasteiger partial charge in [-0.25, -0.2) is 0 Å². The van der Waals surface area contributed by atoms with Crippen LogP contribution in [0.1, 0.15) is 0 Å². The van der Waals surface area contributed by atoms with Gasteiger partial charge in [-0.05, 0) is 12.1 Å². The molecule has 0 fully saturated rings. The lowest BCUT2D eigenvalue weighted by Gasteiger charge is -2.29. The van der Waals surface area contributed by atoms with Crippen molar-refractivity contribution in [1.29, 1.82) is 0 Å². The van der Waals surface area contributed by atoms with Crippen LogP contribution in [0.3, 0.4) is 0 Å². The van der Waals surface area contributed by atoms with Gasteiger partial charge in [0.1, 0.15) is 0 Å². The summed E-state index contributed by atoms with van der Waals surface area (Å²) < 4.78 is 10.5. The summed E-state index contributed by atoms with van der Waals surface area (Å²) in [6, 6.07) is 11.3. The molecule has 132 valence electrons. The number of nitrogens with one attached hydrogen (secondary N) is 1. The number of ether oxygens (including phenoxy) is 2. The van der Waals surface area contributed by atoms with Crippen molar-refractivity contribution in [3.8, 4) is 11.5 Å². The molecule has 0 aromatic heterocycles. The molecule has 2 aromatic carbocycles. The average molecular weight is 379 g/mol. The third kappa shape index (κ3) is 3.80. The van der Waals surface area contributed by atoms with Gasteiger partial charge < -0.3 is 19.7 Å². The fourth-order valence-electron chi connectivity index (χ4n) is 2.68. The van der Waals surface area contributed by atoms with E-state index in [9.17, 15) is 4.79 Å². The minimum absolute atomic E-state index is 0.00129. The average Bonchev–Trinajstić information content (AvgIpc) is 2.66. The molecule has 25 heavy (non-hydrogen) atoms. The van der Waals surface area contributed by atoms with Gasteiger partial charge >= 0.3 is 0 Å². The number of carbonyl (C=O) groups is 1. The van der Waals surface area contributed by atoms with Gasteiger partial charge in [-0.2, -0.15) is 0 Å². The number of fused-ring (bicyclic) bond motifs is 1. The second-order valence-electron chi connectivity index (χ2n) is 5.40. The van der Waals surface area contributed by atoms with Crippen molar-refractivity contribution in [3.63, 3.8) is 0 Å². The van der Waals surface area contributed by atoms with Crippen LogP contribution in [-0.4, -0.2) is 39.0 Å². The number of benzene rings is 2. The molecule has 0 atom stereocenters. The Morgan fingerprint density at radius 2 is 1.96 bits per heavy atom. The van der Waals surface area contributed by atoms with Crippen LogP contribution < -0.4 is 19.7 Å². The lowest BCUT2D eigenvalue weighted by Crippen LogP contribution is -2.39. The second kappa shape index (κ2) is 7.89. The third-order valence-electron chi connectivity index (χ3n) is 3.93. The summed E-state index contributed by atoms with van der Waals surface area (Å²) in [4.78, 5) is 15.6. The number of hydrogen-bond acceptors (Lipinski definition) is 5. The Kier molecular flexibility index (Phi) is 5.60. The minimum atomic E-state index is -0.00129. The molecule has 1 N–H and O–H groups in total. The van der Waals surface area contributed by atoms with Crippen LogP contribution in [-0.2, 0) is 4.79 Å². The largest absolute Gasteiger partial charge is 0.493 e. The van der Waals surface area contributed by atoms with Crippen LogP contribution in [0.5, 0.6) is 11.5 Å². The molecule has 5 nitrogen and oxygen atoms in total. The van der Waals surface area contributed by atoms with E-state index >= 15 is 0 Å². The van der Waals surface area contributed by atoms with Crippen LogP contribution in [0.25, 0.3) is 0 Å². The van der Waals surface area contributed by atoms with Gasteiger partial charge in [0.25, 0.3) is 0 Å². The number of nitrogens with zero attached hydrogens (tertiary/aromatic N) is 1. The lowest BCUT2D eigenvalue weighted by molar-refractivity contribution is -0.117. The molecule has 0 unspecified atom stereocenters. The number of rotatable bonds is 5. The predicted molar refractivity (Wildman–Crippen MR) is 103 cm³/mol. The van der Waals surface area contributed by atoms with E-state index < -0.39 is 0 Å². The summed E-state index contributed by atoms with van der Waals surface area (Å²) in [6.45, 7) is 0.843. The number of hydrogen-bond donors (Lipinski definition) is 1. The van der Waals surface area contributed by atoms with E-state index in [-0.39, 0.29) is 12.5 Å². The predicted octanol–water partition coefficient (Wildman–Crippen LogP) is 3.91. The van der Waals surface area contributed by atoms with Crippen molar-refractivity contribution in [2.45, 2.75) is 4.90 Å². The smallest absolute Gasteiger partial charge is 0.246 e. The molecule has 1 heterocycles. The van der Waals surface area contributed by atoms with Crippen LogP contribution >= 0.6 is 23.4 Å². The highest BCUT2D eigenvalue weighted by Gasteiger charge is 2.22. The van der Waals surface area contributed by atoms with Gasteiger partial charge in [-0.1, -0.05) is 23.7 Å². The first-order chi connectivity index (χ1) is 12.1. The molecule has 0 aliphatic carbocycles. The number of methoxy groups -OCH3 is 2. The highest BCUT2D eigenvalue weighted by molar-refractivity contribution is 7.99. The first-order valence-corrected chi connectivity index (χ1v) is 9.18. The number of thioether (sulfide) groups is 1. The van der Waals surface area contributed by atoms with Crippen LogP contribution in [0.2, 0.25) is 5.02 Å². The second-order valence-corrected chi connectivity index (χ2v) is 6.95. The summed E-state index contributed by atoms with van der Waals surface area (Å²) in [7, 11) is 3.11. The zero-order valence-electron chi connectivity index (χ0n) is 14.0. The maximum Gasteiger partial charge on any atom is 0.246 e. The van der Waals surface area contributed by atoms with Gasteiger partial charge in [-0.3, -0.25) is 4.79 Å². The van der Waals surface area contributed by atoms with Crippen molar-refractivity contribution in [3.05, 3.63) is 41.4 Å². The Bertz CT molecular complexity index is 785. The maximum absolute atomic E-state index is 12.7. The number of halogens is 1. The van der Waals surface area contributed by atoms with Crippen LogP contribution in [0.4, 0.5) is 11.4 Å². The standard InChI is InChI=1S/C18H19ClN2O3S/c1-23-15-9-12(19)13(10-16(15)24-2)20-11-18(22)21-7-8-25-17-6-4-3-5-14(17)21/h3-6,9-10,20H,7-8,11H2,1-2H3. The molecule has 1 amide bonds. The Morgan fingerprint density at radius 1 is 1.24 bits per heavy atom. The quantitative estimate of drug-likeness (QED) is 0.854. The molecule has 1 aliphatic rings. The number of para-hydroxylation sites is 1. The molecular formula is C18H19ClN2O3S. The molecule has 0 bridgehead atoms. The zero-order chi connectivity index (χ0) is 17.8. The Hall–Kier alpha value is -2.05. The molecule has 0 saturated heterocycles. The summed E-state index contributed by atoms with van der Waals surface area (Å²) in [5.74, 6) is 1.99. The van der Waals surface area contributed by atoms with E-state index in [4.69, 9.17) is 21.1 Å². The normalized spacial score (nSPS) is 13.2. The Labute approximate surface area is 156 Å². The Morgan fingerprint density at radius 3 is 2.72 bits per heavy atom. The van der Waals surface area contributed by atoms with Gasteiger partial charge in [0.15, 0.2) is 11.5 Å². The van der Waals surface area contributed by atoms with E-state index in [1.54, 1.807) is 38.1 Å². The van der Waals surface area contributed by atoms with Crippen molar-refractivity contribution in [2.75, 3.05) is 43.3 Å². The molecule has 1 aliphatic heterocycles. The lowest BCUT2D eigenvalue weighted by atomic mass is 10.2. The molecule has 0 saturated carbocycles. The summed E-state index contributed by atoms with van der Waals surface area (Å²) in [5, 5.41) is 3.57. The van der Waals surface area contributed by atoms with Gasteiger partial charge in [0.2, 0.25) is 5.91 Å². The van der Waals surface area contributed by atoms with Crippen LogP contribution in [0.15, 0.2) is 41.3 Å². The first kappa shape index (κ1) is 17.8. The Balaban J connectivity index is 1.73. The molecule has 7 heteroatoms. The summed E-state index contributed by atoms with van der Waals surface area (Å²) in [5.41, 5.74) is 1.59. The maximum atomic E-state index is 12.7. The van der Waals surface area contributed by atoms with Crippen molar-refractivity contribution >= 4 is 40.6 Å². The van der Waals surface area contributed by atoms with Crippen LogP contribution in [0, 0.1) is 0 Å². The molecule has 2 aromatic rings. The summed E-state index contributed by atoms with van der Waals surface area (Å²) >= 11 is 8.03. The fourth-order valence-corrected chi connectivity index (χ4v) is 3.90. The topological polar surface area (TPSA) is 50.8 Å². The van der Waals surface area contributed by atoms with E-state index in [0.29, 0.717) is 28.8 Å². The highest BCUT2D eigenvalue weighted by Crippen LogP contribution is 2.37. The number of anilines is 2. The van der Waals surface area contributed by atoms with Crippen molar-refractivity contribution in [1.82, 2.24) is 0 Å². The van der Waals surface area contributed by atoms with Crippen molar-refractivity contribution in [2.24, 2.45) is 0 Å². The van der Waals surface area contributed by atoms with Crippen molar-refractivity contribution < 1.29 is 14.3 Å². The highest BCUT2D eigenvalue weighted by atomic mass is 35.5. The van der Waals surface area contributed by atoms with E-state index in [1.165, 1.54) is 0 Å². The van der Waals surface area contributed by atoms with E-state index in [1.807, 2.05) is 29.2 Å². The first-order valence-electron chi connectivity index (χ1n) is 7.81. The third-order valence-corrected chi connectivity index (χ3v) is 5.29. The fraction of sp³-hybridized carbons (Fsp3) is 0.278. The van der Waals surface area contributed by atoms with Gasteiger partial charge in [0, 0.05) is 29.3 Å². The van der Waals surface area contributed by atoms with Gasteiger partial charge in [-0.15, -0.1) is 11.8 Å². The minimum Gasteiger partial charge on any atom is -0.493 e. The molecule has 0 spiro atoms. The van der Waals surface area contributed by atoms with Gasteiger partial charge in [0.05, 0.1) is 37.2 Å². The number of carbonyl (C=O) groups excluding carboxylic acids is 1. The van der Waals surface area contributed by atoms with E-state index in [2.05, 4.69) is 5.32 Å². The van der Waals surface area contributed by atoms with E-state index in [0.717, 1.165) is 16.3 Å². The summed E-state index contributed by atoms with van der Waals surface area (Å²) in [6.07, 6.45) is 0. The molecule has 3 rings (SSSR count).